The lowest BCUT2D eigenvalue weighted by molar-refractivity contribution is -0.111. The molecule has 1 aromatic heterocycles. The number of halogens is 2. The minimum Gasteiger partial charge on any atom is -0.462 e. The molecule has 0 aliphatic carbocycles. The maximum atomic E-state index is 11.7. The molecule has 2 aromatic rings. The molecule has 0 saturated heterocycles. The summed E-state index contributed by atoms with van der Waals surface area (Å²) in [4.78, 5) is 11.7. The highest BCUT2D eigenvalue weighted by Gasteiger charge is 2.02. The lowest BCUT2D eigenvalue weighted by Crippen LogP contribution is -2.07. The summed E-state index contributed by atoms with van der Waals surface area (Å²) in [6.45, 7) is 1.85. The zero-order valence-corrected chi connectivity index (χ0v) is 12.5. The molecule has 2 rings (SSSR count). The summed E-state index contributed by atoms with van der Waals surface area (Å²) in [6.07, 6.45) is 3.02. The summed E-state index contributed by atoms with van der Waals surface area (Å²) < 4.78 is 6.11. The highest BCUT2D eigenvalue weighted by Crippen LogP contribution is 2.25. The number of furan rings is 1. The third-order valence-electron chi connectivity index (χ3n) is 2.35. The number of carbonyl (C=O) groups excluding carboxylic acids is 1. The second kappa shape index (κ2) is 6.08. The fraction of sp³-hybridized carbons (Fsp3) is 0.0714. The van der Waals surface area contributed by atoms with Crippen molar-refractivity contribution in [2.75, 3.05) is 5.32 Å². The second-order valence-corrected chi connectivity index (χ2v) is 5.16. The molecule has 1 amide bonds. The molecule has 3 nitrogen and oxygen atoms in total. The summed E-state index contributed by atoms with van der Waals surface area (Å²) in [6, 6.07) is 8.85. The first-order valence-corrected chi connectivity index (χ1v) is 6.72. The van der Waals surface area contributed by atoms with Crippen LogP contribution in [0.15, 0.2) is 45.3 Å². The van der Waals surface area contributed by atoms with Crippen molar-refractivity contribution in [2.24, 2.45) is 0 Å². The van der Waals surface area contributed by atoms with Crippen LogP contribution in [0.25, 0.3) is 6.08 Å². The molecule has 1 aromatic carbocycles. The van der Waals surface area contributed by atoms with Gasteiger partial charge in [0.05, 0.1) is 5.02 Å². The topological polar surface area (TPSA) is 42.2 Å². The zero-order chi connectivity index (χ0) is 13.8. The predicted octanol–water partition coefficient (Wildman–Crippen LogP) is 4.66. The van der Waals surface area contributed by atoms with E-state index >= 15 is 0 Å². The van der Waals surface area contributed by atoms with Crippen molar-refractivity contribution in [1.82, 2.24) is 0 Å². The third-order valence-corrected chi connectivity index (χ3v) is 3.58. The van der Waals surface area contributed by atoms with E-state index < -0.39 is 0 Å². The SMILES string of the molecule is Cc1ccc(/C=C/C(=O)Nc2ccc(Br)c(Cl)c2)o1. The van der Waals surface area contributed by atoms with Crippen molar-refractivity contribution < 1.29 is 9.21 Å². The molecule has 19 heavy (non-hydrogen) atoms. The van der Waals surface area contributed by atoms with E-state index in [9.17, 15) is 4.79 Å². The van der Waals surface area contributed by atoms with Gasteiger partial charge in [0.25, 0.3) is 0 Å². The van der Waals surface area contributed by atoms with Crippen LogP contribution in [0.3, 0.4) is 0 Å². The Kier molecular flexibility index (Phi) is 4.45. The summed E-state index contributed by atoms with van der Waals surface area (Å²) in [5.41, 5.74) is 0.637. The largest absolute Gasteiger partial charge is 0.462 e. The van der Waals surface area contributed by atoms with Crippen LogP contribution in [-0.4, -0.2) is 5.91 Å². The second-order valence-electron chi connectivity index (χ2n) is 3.90. The Morgan fingerprint density at radius 2 is 2.16 bits per heavy atom. The van der Waals surface area contributed by atoms with Gasteiger partial charge in [0.1, 0.15) is 11.5 Å². The average Bonchev–Trinajstić information content (AvgIpc) is 2.77. The molecule has 0 atom stereocenters. The Labute approximate surface area is 124 Å². The molecule has 1 heterocycles. The highest BCUT2D eigenvalue weighted by atomic mass is 79.9. The molecule has 0 saturated carbocycles. The van der Waals surface area contributed by atoms with E-state index in [1.807, 2.05) is 13.0 Å². The minimum atomic E-state index is -0.243. The number of aryl methyl sites for hydroxylation is 1. The van der Waals surface area contributed by atoms with E-state index in [0.29, 0.717) is 16.5 Å². The highest BCUT2D eigenvalue weighted by molar-refractivity contribution is 9.10. The number of hydrogen-bond donors (Lipinski definition) is 1. The summed E-state index contributed by atoms with van der Waals surface area (Å²) in [5, 5.41) is 3.26. The molecular formula is C14H11BrClNO2. The number of hydrogen-bond acceptors (Lipinski definition) is 2. The van der Waals surface area contributed by atoms with E-state index in [2.05, 4.69) is 21.2 Å². The third kappa shape index (κ3) is 3.98. The van der Waals surface area contributed by atoms with Crippen LogP contribution in [0, 0.1) is 6.92 Å². The van der Waals surface area contributed by atoms with Gasteiger partial charge in [-0.3, -0.25) is 4.79 Å². The lowest BCUT2D eigenvalue weighted by Gasteiger charge is -2.03. The molecular weight excluding hydrogens is 330 g/mol. The van der Waals surface area contributed by atoms with Gasteiger partial charge in [-0.25, -0.2) is 0 Å². The summed E-state index contributed by atoms with van der Waals surface area (Å²) in [5.74, 6) is 1.20. The molecule has 5 heteroatoms. The van der Waals surface area contributed by atoms with Crippen molar-refractivity contribution in [3.8, 4) is 0 Å². The summed E-state index contributed by atoms with van der Waals surface area (Å²) >= 11 is 9.23. The number of amides is 1. The van der Waals surface area contributed by atoms with Crippen LogP contribution in [0.1, 0.15) is 11.5 Å². The first kappa shape index (κ1) is 13.9. The van der Waals surface area contributed by atoms with Gasteiger partial charge in [-0.15, -0.1) is 0 Å². The van der Waals surface area contributed by atoms with Gasteiger partial charge in [0, 0.05) is 16.2 Å². The molecule has 0 bridgehead atoms. The number of anilines is 1. The van der Waals surface area contributed by atoms with E-state index in [1.54, 1.807) is 30.3 Å². The molecule has 0 aliphatic rings. The van der Waals surface area contributed by atoms with Crippen LogP contribution < -0.4 is 5.32 Å². The Bertz CT molecular complexity index is 634. The first-order chi connectivity index (χ1) is 9.04. The normalized spacial score (nSPS) is 10.9. The molecule has 0 spiro atoms. The summed E-state index contributed by atoms with van der Waals surface area (Å²) in [7, 11) is 0. The fourth-order valence-corrected chi connectivity index (χ4v) is 1.89. The zero-order valence-electron chi connectivity index (χ0n) is 10.1. The number of rotatable bonds is 3. The van der Waals surface area contributed by atoms with E-state index in [1.165, 1.54) is 6.08 Å². The van der Waals surface area contributed by atoms with Gasteiger partial charge in [0.2, 0.25) is 5.91 Å². The smallest absolute Gasteiger partial charge is 0.248 e. The Balaban J connectivity index is 2.01. The quantitative estimate of drug-likeness (QED) is 0.826. The molecule has 0 fully saturated rings. The van der Waals surface area contributed by atoms with Crippen molar-refractivity contribution in [3.63, 3.8) is 0 Å². The molecule has 0 aliphatic heterocycles. The predicted molar refractivity (Wildman–Crippen MR) is 80.3 cm³/mol. The van der Waals surface area contributed by atoms with Crippen LogP contribution in [0.4, 0.5) is 5.69 Å². The van der Waals surface area contributed by atoms with Gasteiger partial charge in [0.15, 0.2) is 0 Å². The van der Waals surface area contributed by atoms with Crippen LogP contribution >= 0.6 is 27.5 Å². The molecule has 0 unspecified atom stereocenters. The minimum absolute atomic E-state index is 0.243. The van der Waals surface area contributed by atoms with Crippen LogP contribution in [-0.2, 0) is 4.79 Å². The van der Waals surface area contributed by atoms with Crippen LogP contribution in [0.2, 0.25) is 5.02 Å². The van der Waals surface area contributed by atoms with Gasteiger partial charge < -0.3 is 9.73 Å². The molecule has 98 valence electrons. The van der Waals surface area contributed by atoms with Crippen molar-refractivity contribution in [3.05, 3.63) is 57.4 Å². The maximum Gasteiger partial charge on any atom is 0.248 e. The van der Waals surface area contributed by atoms with Gasteiger partial charge >= 0.3 is 0 Å². The maximum absolute atomic E-state index is 11.7. The Morgan fingerprint density at radius 3 is 2.79 bits per heavy atom. The number of benzene rings is 1. The lowest BCUT2D eigenvalue weighted by atomic mass is 10.3. The van der Waals surface area contributed by atoms with Crippen LogP contribution in [0.5, 0.6) is 0 Å². The monoisotopic (exact) mass is 339 g/mol. The first-order valence-electron chi connectivity index (χ1n) is 5.55. The Morgan fingerprint density at radius 1 is 1.37 bits per heavy atom. The fourth-order valence-electron chi connectivity index (χ4n) is 1.46. The molecule has 0 radical (unpaired) electrons. The van der Waals surface area contributed by atoms with Crippen molar-refractivity contribution in [1.29, 1.82) is 0 Å². The van der Waals surface area contributed by atoms with E-state index in [-0.39, 0.29) is 5.91 Å². The average molecular weight is 341 g/mol. The van der Waals surface area contributed by atoms with Gasteiger partial charge in [-0.2, -0.15) is 0 Å². The van der Waals surface area contributed by atoms with Crippen molar-refractivity contribution in [2.45, 2.75) is 6.92 Å². The van der Waals surface area contributed by atoms with E-state index in [4.69, 9.17) is 16.0 Å². The van der Waals surface area contributed by atoms with E-state index in [0.717, 1.165) is 10.2 Å². The number of carbonyl (C=O) groups is 1. The Hall–Kier alpha value is -1.52. The number of nitrogens with one attached hydrogen (secondary N) is 1. The molecule has 1 N–H and O–H groups in total. The standard InChI is InChI=1S/C14H11BrClNO2/c1-9-2-4-11(19-9)5-7-14(18)17-10-3-6-12(15)13(16)8-10/h2-8H,1H3,(H,17,18)/b7-5+. The van der Waals surface area contributed by atoms with Crippen molar-refractivity contribution >= 4 is 45.2 Å². The van der Waals surface area contributed by atoms with Gasteiger partial charge in [-0.1, -0.05) is 11.6 Å². The van der Waals surface area contributed by atoms with Gasteiger partial charge in [-0.05, 0) is 59.3 Å².